The molecule has 2 aromatic carbocycles. The number of carbonyl (C=O) groups excluding carboxylic acids is 2. The molecule has 0 radical (unpaired) electrons. The highest BCUT2D eigenvalue weighted by molar-refractivity contribution is 7.99. The minimum atomic E-state index is -0.447. The Morgan fingerprint density at radius 3 is 2.47 bits per heavy atom. The van der Waals surface area contributed by atoms with Gasteiger partial charge in [0, 0.05) is 17.7 Å². The molecule has 0 aliphatic heterocycles. The quantitative estimate of drug-likeness (QED) is 0.449. The van der Waals surface area contributed by atoms with Crippen LogP contribution in [0, 0.1) is 6.92 Å². The highest BCUT2D eigenvalue weighted by Crippen LogP contribution is 2.26. The molecule has 0 saturated carbocycles. The number of aryl methyl sites for hydroxylation is 2. The van der Waals surface area contributed by atoms with Gasteiger partial charge in [0.05, 0.1) is 11.4 Å². The van der Waals surface area contributed by atoms with Crippen molar-refractivity contribution in [3.63, 3.8) is 0 Å². The Labute approximate surface area is 190 Å². The first-order valence-corrected chi connectivity index (χ1v) is 11.3. The number of carbonyl (C=O) groups is 2. The van der Waals surface area contributed by atoms with Crippen LogP contribution in [0.4, 0.5) is 11.4 Å². The molecule has 8 nitrogen and oxygen atoms in total. The molecule has 2 amide bonds. The summed E-state index contributed by atoms with van der Waals surface area (Å²) < 4.78 is 0. The van der Waals surface area contributed by atoms with Crippen LogP contribution in [0.1, 0.15) is 31.4 Å². The average Bonchev–Trinajstić information content (AvgIpc) is 2.79. The van der Waals surface area contributed by atoms with Crippen LogP contribution >= 0.6 is 11.8 Å². The summed E-state index contributed by atoms with van der Waals surface area (Å²) in [5.41, 5.74) is 3.38. The van der Waals surface area contributed by atoms with Crippen molar-refractivity contribution in [2.75, 3.05) is 16.4 Å². The number of nitrogens with one attached hydrogen (secondary N) is 3. The fourth-order valence-corrected chi connectivity index (χ4v) is 3.64. The largest absolute Gasteiger partial charge is 0.325 e. The zero-order chi connectivity index (χ0) is 23.1. The second-order valence-electron chi connectivity index (χ2n) is 7.11. The summed E-state index contributed by atoms with van der Waals surface area (Å²) in [4.78, 5) is 39.5. The second kappa shape index (κ2) is 10.7. The Bertz CT molecular complexity index is 1190. The molecule has 0 fully saturated rings. The zero-order valence-electron chi connectivity index (χ0n) is 18.2. The molecule has 32 heavy (non-hydrogen) atoms. The van der Waals surface area contributed by atoms with Gasteiger partial charge in [-0.3, -0.25) is 19.4 Å². The van der Waals surface area contributed by atoms with Crippen molar-refractivity contribution in [2.45, 2.75) is 38.8 Å². The zero-order valence-corrected chi connectivity index (χ0v) is 19.0. The molecule has 0 aliphatic rings. The van der Waals surface area contributed by atoms with Gasteiger partial charge < -0.3 is 10.6 Å². The lowest BCUT2D eigenvalue weighted by Crippen LogP contribution is -2.18. The third kappa shape index (κ3) is 5.82. The van der Waals surface area contributed by atoms with E-state index in [9.17, 15) is 14.4 Å². The van der Waals surface area contributed by atoms with Crippen LogP contribution in [0.25, 0.3) is 11.3 Å². The summed E-state index contributed by atoms with van der Waals surface area (Å²) in [7, 11) is 0. The lowest BCUT2D eigenvalue weighted by atomic mass is 10.1. The van der Waals surface area contributed by atoms with E-state index in [-0.39, 0.29) is 28.4 Å². The van der Waals surface area contributed by atoms with Gasteiger partial charge in [0.2, 0.25) is 11.8 Å². The maximum Gasteiger partial charge on any atom is 0.278 e. The summed E-state index contributed by atoms with van der Waals surface area (Å²) in [5, 5.41) is 14.0. The van der Waals surface area contributed by atoms with Crippen molar-refractivity contribution in [1.82, 2.24) is 15.2 Å². The number of H-pyrrole nitrogens is 1. The number of nitrogens with zero attached hydrogens (tertiary/aromatic N) is 2. The number of aromatic nitrogens is 3. The Morgan fingerprint density at radius 2 is 1.75 bits per heavy atom. The second-order valence-corrected chi connectivity index (χ2v) is 8.07. The van der Waals surface area contributed by atoms with E-state index in [2.05, 4.69) is 25.8 Å². The van der Waals surface area contributed by atoms with Gasteiger partial charge in [-0.15, -0.1) is 10.2 Å². The molecular weight excluding hydrogens is 426 g/mol. The number of amides is 2. The van der Waals surface area contributed by atoms with Crippen molar-refractivity contribution in [2.24, 2.45) is 0 Å². The van der Waals surface area contributed by atoms with E-state index < -0.39 is 5.56 Å². The minimum absolute atomic E-state index is 0.0737. The predicted molar refractivity (Wildman–Crippen MR) is 127 cm³/mol. The van der Waals surface area contributed by atoms with Crippen molar-refractivity contribution < 1.29 is 9.59 Å². The lowest BCUT2D eigenvalue weighted by Gasteiger charge is -2.11. The predicted octanol–water partition coefficient (Wildman–Crippen LogP) is 3.78. The number of thioether (sulfide) groups is 1. The van der Waals surface area contributed by atoms with E-state index in [1.54, 1.807) is 19.1 Å². The molecule has 166 valence electrons. The first kappa shape index (κ1) is 23.2. The Hall–Kier alpha value is -3.46. The highest BCUT2D eigenvalue weighted by atomic mass is 32.2. The van der Waals surface area contributed by atoms with Crippen LogP contribution in [0.3, 0.4) is 0 Å². The van der Waals surface area contributed by atoms with Crippen LogP contribution in [0.15, 0.2) is 52.4 Å². The lowest BCUT2D eigenvalue weighted by molar-refractivity contribution is -0.116. The van der Waals surface area contributed by atoms with E-state index >= 15 is 0 Å². The first-order chi connectivity index (χ1) is 15.4. The minimum Gasteiger partial charge on any atom is -0.325 e. The van der Waals surface area contributed by atoms with Gasteiger partial charge >= 0.3 is 0 Å². The maximum atomic E-state index is 12.7. The summed E-state index contributed by atoms with van der Waals surface area (Å²) in [6, 6.07) is 13.0. The fraction of sp³-hybridized carbons (Fsp3) is 0.261. The van der Waals surface area contributed by atoms with Crippen molar-refractivity contribution in [1.29, 1.82) is 0 Å². The molecule has 9 heteroatoms. The number of hydrogen-bond donors (Lipinski definition) is 3. The number of hydrogen-bond acceptors (Lipinski definition) is 6. The van der Waals surface area contributed by atoms with Crippen LogP contribution in [-0.2, 0) is 16.0 Å². The summed E-state index contributed by atoms with van der Waals surface area (Å²) in [6.07, 6.45) is 1.12. The monoisotopic (exact) mass is 451 g/mol. The third-order valence-corrected chi connectivity index (χ3v) is 5.58. The van der Waals surface area contributed by atoms with E-state index in [0.717, 1.165) is 35.0 Å². The smallest absolute Gasteiger partial charge is 0.278 e. The van der Waals surface area contributed by atoms with Gasteiger partial charge in [-0.1, -0.05) is 55.4 Å². The summed E-state index contributed by atoms with van der Waals surface area (Å²) in [6.45, 7) is 5.66. The number of benzene rings is 2. The van der Waals surface area contributed by atoms with Crippen LogP contribution in [0.5, 0.6) is 0 Å². The average molecular weight is 452 g/mol. The third-order valence-electron chi connectivity index (χ3n) is 4.71. The van der Waals surface area contributed by atoms with Gasteiger partial charge in [0.15, 0.2) is 10.9 Å². The summed E-state index contributed by atoms with van der Waals surface area (Å²) in [5.74, 6) is -0.294. The number of anilines is 2. The molecule has 3 rings (SSSR count). The number of para-hydroxylation sites is 1. The topological polar surface area (TPSA) is 117 Å². The van der Waals surface area contributed by atoms with Gasteiger partial charge in [0.1, 0.15) is 0 Å². The van der Waals surface area contributed by atoms with E-state index in [4.69, 9.17) is 0 Å². The van der Waals surface area contributed by atoms with Crippen molar-refractivity contribution in [3.8, 4) is 11.3 Å². The number of rotatable bonds is 8. The normalized spacial score (nSPS) is 10.6. The van der Waals surface area contributed by atoms with E-state index in [1.165, 1.54) is 0 Å². The molecule has 0 spiro atoms. The molecular formula is C23H25N5O3S. The molecule has 1 aromatic heterocycles. The van der Waals surface area contributed by atoms with E-state index in [0.29, 0.717) is 17.7 Å². The van der Waals surface area contributed by atoms with E-state index in [1.807, 2.05) is 44.2 Å². The van der Waals surface area contributed by atoms with Gasteiger partial charge in [-0.25, -0.2) is 0 Å². The van der Waals surface area contributed by atoms with Gasteiger partial charge in [-0.2, -0.15) is 0 Å². The number of aromatic amines is 1. The molecule has 0 saturated heterocycles. The Morgan fingerprint density at radius 1 is 1.00 bits per heavy atom. The fourth-order valence-electron chi connectivity index (χ4n) is 3.04. The summed E-state index contributed by atoms with van der Waals surface area (Å²) >= 11 is 1.09. The molecule has 3 aromatic rings. The van der Waals surface area contributed by atoms with Crippen LogP contribution < -0.4 is 16.2 Å². The van der Waals surface area contributed by atoms with Crippen molar-refractivity contribution >= 4 is 35.0 Å². The maximum absolute atomic E-state index is 12.7. The first-order valence-electron chi connectivity index (χ1n) is 10.3. The van der Waals surface area contributed by atoms with Crippen LogP contribution in [-0.4, -0.2) is 32.7 Å². The molecule has 0 unspecified atom stereocenters. The molecule has 0 atom stereocenters. The van der Waals surface area contributed by atoms with Crippen LogP contribution in [0.2, 0.25) is 0 Å². The Kier molecular flexibility index (Phi) is 7.77. The van der Waals surface area contributed by atoms with Gasteiger partial charge in [0.25, 0.3) is 5.56 Å². The highest BCUT2D eigenvalue weighted by Gasteiger charge is 2.15. The molecule has 0 bridgehead atoms. The standard InChI is InChI=1S/C23H25N5O3S/c1-4-15-8-6-7-9-17(15)24-20(30)13-32-23-26-22(31)21(27-28-23)16-12-14(3)10-11-18(16)25-19(29)5-2/h6-12H,4-5,13H2,1-3H3,(H,24,30)(H,25,29)(H,26,28,31). The molecule has 0 aliphatic carbocycles. The van der Waals surface area contributed by atoms with Crippen molar-refractivity contribution in [3.05, 3.63) is 63.9 Å². The molecule has 3 N–H and O–H groups in total. The van der Waals surface area contributed by atoms with Gasteiger partial charge in [-0.05, 0) is 37.1 Å². The Balaban J connectivity index is 1.73. The SMILES string of the molecule is CCC(=O)Nc1ccc(C)cc1-c1nnc(SCC(=O)Nc2ccccc2CC)[nH]c1=O. The molecule has 1 heterocycles.